The van der Waals surface area contributed by atoms with Crippen LogP contribution in [0, 0.1) is 6.92 Å². The maximum Gasteiger partial charge on any atom is 0.252 e. The molecule has 2 heterocycles. The van der Waals surface area contributed by atoms with Gasteiger partial charge in [0.25, 0.3) is 5.56 Å². The van der Waals surface area contributed by atoms with Gasteiger partial charge in [0.2, 0.25) is 0 Å². The van der Waals surface area contributed by atoms with E-state index in [-0.39, 0.29) is 5.56 Å². The number of pyridine rings is 1. The Balaban J connectivity index is 1.80. The SMILES string of the molecule is Cc1ccc(-c2c(Cc3ccccc3)c(=O)[nH]c3cc4c(cc23)OCCO4)cc1. The summed E-state index contributed by atoms with van der Waals surface area (Å²) in [5.74, 6) is 1.39. The number of fused-ring (bicyclic) bond motifs is 2. The summed E-state index contributed by atoms with van der Waals surface area (Å²) in [6, 6.07) is 22.2. The lowest BCUT2D eigenvalue weighted by Gasteiger charge is -2.20. The van der Waals surface area contributed by atoms with Crippen LogP contribution >= 0.6 is 0 Å². The highest BCUT2D eigenvalue weighted by Crippen LogP contribution is 2.38. The third-order valence-electron chi connectivity index (χ3n) is 5.34. The second-order valence-corrected chi connectivity index (χ2v) is 7.38. The van der Waals surface area contributed by atoms with Crippen molar-refractivity contribution in [2.45, 2.75) is 13.3 Å². The second-order valence-electron chi connectivity index (χ2n) is 7.38. The molecule has 29 heavy (non-hydrogen) atoms. The summed E-state index contributed by atoms with van der Waals surface area (Å²) < 4.78 is 11.5. The van der Waals surface area contributed by atoms with Crippen LogP contribution in [0.4, 0.5) is 0 Å². The van der Waals surface area contributed by atoms with Gasteiger partial charge >= 0.3 is 0 Å². The number of rotatable bonds is 3. The third kappa shape index (κ3) is 3.27. The predicted octanol–water partition coefficient (Wildman–Crippen LogP) is 4.87. The van der Waals surface area contributed by atoms with Crippen LogP contribution in [0.15, 0.2) is 71.5 Å². The number of H-pyrrole nitrogens is 1. The molecule has 0 fully saturated rings. The number of nitrogens with one attached hydrogen (secondary N) is 1. The van der Waals surface area contributed by atoms with Crippen molar-refractivity contribution in [2.75, 3.05) is 13.2 Å². The molecule has 4 aromatic rings. The lowest BCUT2D eigenvalue weighted by Crippen LogP contribution is -2.18. The van der Waals surface area contributed by atoms with E-state index < -0.39 is 0 Å². The molecule has 1 N–H and O–H groups in total. The molecule has 1 aliphatic rings. The molecule has 0 unspecified atom stereocenters. The highest BCUT2D eigenvalue weighted by atomic mass is 16.6. The molecule has 5 rings (SSSR count). The van der Waals surface area contributed by atoms with Crippen LogP contribution in [0.1, 0.15) is 16.7 Å². The fraction of sp³-hybridized carbons (Fsp3) is 0.160. The largest absolute Gasteiger partial charge is 0.486 e. The average Bonchev–Trinajstić information content (AvgIpc) is 2.75. The summed E-state index contributed by atoms with van der Waals surface area (Å²) in [5.41, 5.74) is 5.69. The van der Waals surface area contributed by atoms with Gasteiger partial charge in [-0.15, -0.1) is 0 Å². The Morgan fingerprint density at radius 3 is 2.31 bits per heavy atom. The molecule has 144 valence electrons. The molecule has 0 radical (unpaired) electrons. The molecule has 4 nitrogen and oxygen atoms in total. The van der Waals surface area contributed by atoms with Gasteiger partial charge in [-0.05, 0) is 24.1 Å². The van der Waals surface area contributed by atoms with E-state index in [1.165, 1.54) is 5.56 Å². The van der Waals surface area contributed by atoms with E-state index >= 15 is 0 Å². The van der Waals surface area contributed by atoms with Crippen LogP contribution in [0.2, 0.25) is 0 Å². The standard InChI is InChI=1S/C25H21NO3/c1-16-7-9-18(10-8-16)24-19-14-22-23(29-12-11-28-22)15-21(19)26-25(27)20(24)13-17-5-3-2-4-6-17/h2-10,14-15H,11-13H2,1H3,(H,26,27). The van der Waals surface area contributed by atoms with Crippen molar-refractivity contribution in [3.63, 3.8) is 0 Å². The zero-order chi connectivity index (χ0) is 19.8. The molecule has 0 atom stereocenters. The van der Waals surface area contributed by atoms with Gasteiger partial charge in [0.05, 0.1) is 5.52 Å². The van der Waals surface area contributed by atoms with Gasteiger partial charge in [-0.3, -0.25) is 4.79 Å². The smallest absolute Gasteiger partial charge is 0.252 e. The summed E-state index contributed by atoms with van der Waals surface area (Å²) in [6.45, 7) is 3.10. The van der Waals surface area contributed by atoms with Crippen molar-refractivity contribution in [1.29, 1.82) is 0 Å². The van der Waals surface area contributed by atoms with Crippen LogP contribution in [-0.2, 0) is 6.42 Å². The molecular weight excluding hydrogens is 362 g/mol. The molecule has 0 bridgehead atoms. The van der Waals surface area contributed by atoms with Crippen LogP contribution in [0.5, 0.6) is 11.5 Å². The van der Waals surface area contributed by atoms with Gasteiger partial charge in [0, 0.05) is 29.0 Å². The Morgan fingerprint density at radius 1 is 0.897 bits per heavy atom. The monoisotopic (exact) mass is 383 g/mol. The minimum atomic E-state index is -0.0754. The molecule has 0 aliphatic carbocycles. The van der Waals surface area contributed by atoms with E-state index in [1.54, 1.807) is 0 Å². The zero-order valence-electron chi connectivity index (χ0n) is 16.2. The quantitative estimate of drug-likeness (QED) is 0.549. The first-order valence-electron chi connectivity index (χ1n) is 9.78. The number of aromatic amines is 1. The number of ether oxygens (including phenoxy) is 2. The summed E-state index contributed by atoms with van der Waals surface area (Å²) in [6.07, 6.45) is 0.559. The van der Waals surface area contributed by atoms with Crippen LogP contribution in [0.25, 0.3) is 22.0 Å². The van der Waals surface area contributed by atoms with Gasteiger partial charge in [0.1, 0.15) is 13.2 Å². The molecule has 0 saturated carbocycles. The average molecular weight is 383 g/mol. The molecule has 4 heteroatoms. The second kappa shape index (κ2) is 7.13. The minimum Gasteiger partial charge on any atom is -0.486 e. The van der Waals surface area contributed by atoms with Crippen molar-refractivity contribution >= 4 is 10.9 Å². The Labute approximate surface area is 168 Å². The highest BCUT2D eigenvalue weighted by molar-refractivity contribution is 5.98. The Hall–Kier alpha value is -3.53. The van der Waals surface area contributed by atoms with E-state index in [4.69, 9.17) is 9.47 Å². The first-order chi connectivity index (χ1) is 14.2. The minimum absolute atomic E-state index is 0.0754. The number of hydrogen-bond acceptors (Lipinski definition) is 3. The molecule has 1 aliphatic heterocycles. The third-order valence-corrected chi connectivity index (χ3v) is 5.34. The Bertz CT molecular complexity index is 1240. The summed E-state index contributed by atoms with van der Waals surface area (Å²) in [5, 5.41) is 0.962. The molecule has 0 saturated heterocycles. The Kier molecular flexibility index (Phi) is 4.32. The van der Waals surface area contributed by atoms with Gasteiger partial charge in [-0.2, -0.15) is 0 Å². The number of hydrogen-bond donors (Lipinski definition) is 1. The topological polar surface area (TPSA) is 51.3 Å². The van der Waals surface area contributed by atoms with E-state index in [2.05, 4.69) is 36.2 Å². The normalized spacial score (nSPS) is 12.9. The number of benzene rings is 3. The van der Waals surface area contributed by atoms with Gasteiger partial charge < -0.3 is 14.5 Å². The fourth-order valence-corrected chi connectivity index (χ4v) is 3.89. The highest BCUT2D eigenvalue weighted by Gasteiger charge is 2.19. The van der Waals surface area contributed by atoms with Gasteiger partial charge in [0.15, 0.2) is 11.5 Å². The van der Waals surface area contributed by atoms with E-state index in [9.17, 15) is 4.79 Å². The molecule has 3 aromatic carbocycles. The van der Waals surface area contributed by atoms with Crippen LogP contribution in [0.3, 0.4) is 0 Å². The summed E-state index contributed by atoms with van der Waals surface area (Å²) >= 11 is 0. The first kappa shape index (κ1) is 17.6. The predicted molar refractivity (Wildman–Crippen MR) is 115 cm³/mol. The van der Waals surface area contributed by atoms with Gasteiger partial charge in [-0.25, -0.2) is 0 Å². The van der Waals surface area contributed by atoms with E-state index in [0.29, 0.717) is 25.4 Å². The first-order valence-corrected chi connectivity index (χ1v) is 9.78. The van der Waals surface area contributed by atoms with Crippen molar-refractivity contribution < 1.29 is 9.47 Å². The fourth-order valence-electron chi connectivity index (χ4n) is 3.89. The zero-order valence-corrected chi connectivity index (χ0v) is 16.2. The maximum atomic E-state index is 13.1. The van der Waals surface area contributed by atoms with E-state index in [0.717, 1.165) is 38.9 Å². The summed E-state index contributed by atoms with van der Waals surface area (Å²) in [7, 11) is 0. The van der Waals surface area contributed by atoms with Crippen LogP contribution < -0.4 is 15.0 Å². The number of aryl methyl sites for hydroxylation is 1. The maximum absolute atomic E-state index is 13.1. The van der Waals surface area contributed by atoms with Crippen molar-refractivity contribution in [3.05, 3.63) is 93.8 Å². The molecule has 0 amide bonds. The lowest BCUT2D eigenvalue weighted by atomic mass is 9.92. The number of aromatic nitrogens is 1. The molecular formula is C25H21NO3. The summed E-state index contributed by atoms with van der Waals surface area (Å²) in [4.78, 5) is 16.2. The van der Waals surface area contributed by atoms with Crippen LogP contribution in [-0.4, -0.2) is 18.2 Å². The molecule has 0 spiro atoms. The molecule has 1 aromatic heterocycles. The van der Waals surface area contributed by atoms with E-state index in [1.807, 2.05) is 42.5 Å². The Morgan fingerprint density at radius 2 is 1.59 bits per heavy atom. The van der Waals surface area contributed by atoms with Crippen molar-refractivity contribution in [2.24, 2.45) is 0 Å². The van der Waals surface area contributed by atoms with Crippen molar-refractivity contribution in [1.82, 2.24) is 4.98 Å². The van der Waals surface area contributed by atoms with Gasteiger partial charge in [-0.1, -0.05) is 60.2 Å². The van der Waals surface area contributed by atoms with Crippen molar-refractivity contribution in [3.8, 4) is 22.6 Å². The lowest BCUT2D eigenvalue weighted by molar-refractivity contribution is 0.172.